The Labute approximate surface area is 72.6 Å². The zero-order valence-electron chi connectivity index (χ0n) is 7.25. The van der Waals surface area contributed by atoms with E-state index in [1.807, 2.05) is 0 Å². The zero-order valence-corrected chi connectivity index (χ0v) is 7.25. The Morgan fingerprint density at radius 2 is 2.08 bits per heavy atom. The maximum absolute atomic E-state index is 3.90. The van der Waals surface area contributed by atoms with E-state index in [1.165, 1.54) is 16.6 Å². The van der Waals surface area contributed by atoms with Crippen molar-refractivity contribution in [3.8, 4) is 0 Å². The summed E-state index contributed by atoms with van der Waals surface area (Å²) >= 11 is 0. The van der Waals surface area contributed by atoms with Gasteiger partial charge in [-0.2, -0.15) is 0 Å². The molecule has 1 heterocycles. The predicted molar refractivity (Wildman–Crippen MR) is 52.0 cm³/mol. The molecule has 0 amide bonds. The number of para-hydroxylation sites is 1. The molecule has 0 spiro atoms. The van der Waals surface area contributed by atoms with E-state index in [1.54, 1.807) is 0 Å². The Morgan fingerprint density at radius 1 is 1.33 bits per heavy atom. The van der Waals surface area contributed by atoms with E-state index in [0.717, 1.165) is 6.54 Å². The fourth-order valence-electron chi connectivity index (χ4n) is 1.65. The molecule has 0 atom stereocenters. The van der Waals surface area contributed by atoms with Gasteiger partial charge in [0, 0.05) is 17.8 Å². The average Bonchev–Trinajstić information content (AvgIpc) is 2.40. The number of fused-ring (bicyclic) bond motifs is 1. The normalized spacial score (nSPS) is 10.8. The lowest BCUT2D eigenvalue weighted by atomic mass is 10.2. The van der Waals surface area contributed by atoms with Crippen LogP contribution in [0.25, 0.3) is 10.9 Å². The highest BCUT2D eigenvalue weighted by molar-refractivity contribution is 5.81. The van der Waals surface area contributed by atoms with E-state index >= 15 is 0 Å². The van der Waals surface area contributed by atoms with Gasteiger partial charge in [0.25, 0.3) is 0 Å². The Hall–Kier alpha value is -1.24. The second kappa shape index (κ2) is 2.67. The molecule has 1 aromatic heterocycles. The first-order chi connectivity index (χ1) is 5.83. The monoisotopic (exact) mass is 158 g/mol. The minimum atomic E-state index is 0.805. The van der Waals surface area contributed by atoms with Crippen molar-refractivity contribution in [2.24, 2.45) is 0 Å². The van der Waals surface area contributed by atoms with Crippen molar-refractivity contribution in [2.45, 2.75) is 13.5 Å². The van der Waals surface area contributed by atoms with Gasteiger partial charge in [0.1, 0.15) is 0 Å². The van der Waals surface area contributed by atoms with Crippen molar-refractivity contribution in [3.05, 3.63) is 42.9 Å². The van der Waals surface area contributed by atoms with Gasteiger partial charge < -0.3 is 4.57 Å². The molecule has 2 rings (SSSR count). The first kappa shape index (κ1) is 7.41. The van der Waals surface area contributed by atoms with Crippen molar-refractivity contribution >= 4 is 10.9 Å². The topological polar surface area (TPSA) is 4.93 Å². The third kappa shape index (κ3) is 0.934. The number of hydrogen-bond donors (Lipinski definition) is 0. The van der Waals surface area contributed by atoms with Crippen LogP contribution in [-0.4, -0.2) is 4.57 Å². The number of benzene rings is 1. The molecule has 12 heavy (non-hydrogen) atoms. The third-order valence-electron chi connectivity index (χ3n) is 2.24. The van der Waals surface area contributed by atoms with E-state index in [2.05, 4.69) is 48.7 Å². The number of hydrogen-bond acceptors (Lipinski definition) is 0. The SMILES string of the molecule is [CH2]Cn1c(C)cc2ccccc21. The van der Waals surface area contributed by atoms with Crippen molar-refractivity contribution in [3.63, 3.8) is 0 Å². The predicted octanol–water partition coefficient (Wildman–Crippen LogP) is 2.78. The molecule has 2 aromatic rings. The molecule has 0 unspecified atom stereocenters. The standard InChI is InChI=1S/C11H12N/c1-3-12-9(2)8-10-6-4-5-7-11(10)12/h4-8H,1,3H2,2H3. The zero-order chi connectivity index (χ0) is 8.55. The third-order valence-corrected chi connectivity index (χ3v) is 2.24. The van der Waals surface area contributed by atoms with Crippen LogP contribution in [0.1, 0.15) is 5.69 Å². The largest absolute Gasteiger partial charge is 0.345 e. The van der Waals surface area contributed by atoms with E-state index in [9.17, 15) is 0 Å². The number of rotatable bonds is 1. The average molecular weight is 158 g/mol. The van der Waals surface area contributed by atoms with E-state index in [-0.39, 0.29) is 0 Å². The Balaban J connectivity index is 2.81. The van der Waals surface area contributed by atoms with Gasteiger partial charge in [-0.05, 0) is 31.4 Å². The van der Waals surface area contributed by atoms with E-state index < -0.39 is 0 Å². The number of aryl methyl sites for hydroxylation is 1. The maximum atomic E-state index is 3.90. The summed E-state index contributed by atoms with van der Waals surface area (Å²) in [4.78, 5) is 0. The van der Waals surface area contributed by atoms with Gasteiger partial charge in [-0.15, -0.1) is 0 Å². The molecule has 0 aliphatic rings. The van der Waals surface area contributed by atoms with Crippen LogP contribution in [0.5, 0.6) is 0 Å². The molecule has 0 aliphatic carbocycles. The minimum Gasteiger partial charge on any atom is -0.345 e. The quantitative estimate of drug-likeness (QED) is 0.601. The van der Waals surface area contributed by atoms with Gasteiger partial charge in [-0.1, -0.05) is 18.2 Å². The van der Waals surface area contributed by atoms with E-state index in [4.69, 9.17) is 0 Å². The first-order valence-corrected chi connectivity index (χ1v) is 4.17. The fourth-order valence-corrected chi connectivity index (χ4v) is 1.65. The second-order valence-electron chi connectivity index (χ2n) is 3.00. The van der Waals surface area contributed by atoms with Crippen LogP contribution in [-0.2, 0) is 6.54 Å². The lowest BCUT2D eigenvalue weighted by Gasteiger charge is -2.02. The molecule has 1 radical (unpaired) electrons. The van der Waals surface area contributed by atoms with Gasteiger partial charge in [0.2, 0.25) is 0 Å². The second-order valence-corrected chi connectivity index (χ2v) is 3.00. The summed E-state index contributed by atoms with van der Waals surface area (Å²) in [5, 5.41) is 1.30. The van der Waals surface area contributed by atoms with Gasteiger partial charge in [0.15, 0.2) is 0 Å². The molecule has 0 saturated carbocycles. The van der Waals surface area contributed by atoms with Crippen LogP contribution < -0.4 is 0 Å². The lowest BCUT2D eigenvalue weighted by Crippen LogP contribution is -1.95. The molecule has 0 saturated heterocycles. The summed E-state index contributed by atoms with van der Waals surface area (Å²) in [6.45, 7) is 6.82. The highest BCUT2D eigenvalue weighted by Crippen LogP contribution is 2.18. The smallest absolute Gasteiger partial charge is 0.0482 e. The summed E-state index contributed by atoms with van der Waals surface area (Å²) in [5.74, 6) is 0. The van der Waals surface area contributed by atoms with Crippen LogP contribution >= 0.6 is 0 Å². The molecular formula is C11H12N. The Bertz CT molecular complexity index is 398. The minimum absolute atomic E-state index is 0.805. The van der Waals surface area contributed by atoms with Gasteiger partial charge in [0.05, 0.1) is 0 Å². The molecule has 0 N–H and O–H groups in total. The molecular weight excluding hydrogens is 146 g/mol. The molecule has 61 valence electrons. The molecule has 0 bridgehead atoms. The number of aromatic nitrogens is 1. The Morgan fingerprint density at radius 3 is 2.83 bits per heavy atom. The fraction of sp³-hybridized carbons (Fsp3) is 0.182. The van der Waals surface area contributed by atoms with Crippen molar-refractivity contribution in [1.29, 1.82) is 0 Å². The molecule has 1 heteroatoms. The van der Waals surface area contributed by atoms with Crippen LogP contribution in [0, 0.1) is 13.8 Å². The molecule has 1 aromatic carbocycles. The molecule has 1 nitrogen and oxygen atoms in total. The first-order valence-electron chi connectivity index (χ1n) is 4.17. The van der Waals surface area contributed by atoms with Gasteiger partial charge in [-0.3, -0.25) is 0 Å². The van der Waals surface area contributed by atoms with Crippen molar-refractivity contribution < 1.29 is 0 Å². The number of nitrogens with zero attached hydrogens (tertiary/aromatic N) is 1. The van der Waals surface area contributed by atoms with Crippen LogP contribution in [0.15, 0.2) is 30.3 Å². The van der Waals surface area contributed by atoms with Gasteiger partial charge >= 0.3 is 0 Å². The summed E-state index contributed by atoms with van der Waals surface area (Å²) in [7, 11) is 0. The highest BCUT2D eigenvalue weighted by atomic mass is 15.0. The summed E-state index contributed by atoms with van der Waals surface area (Å²) in [6, 6.07) is 10.6. The summed E-state index contributed by atoms with van der Waals surface area (Å²) in [6.07, 6.45) is 0. The van der Waals surface area contributed by atoms with E-state index in [0.29, 0.717) is 0 Å². The molecule has 0 aliphatic heterocycles. The summed E-state index contributed by atoms with van der Waals surface area (Å²) in [5.41, 5.74) is 2.57. The van der Waals surface area contributed by atoms with Gasteiger partial charge in [-0.25, -0.2) is 0 Å². The lowest BCUT2D eigenvalue weighted by molar-refractivity contribution is 0.825. The van der Waals surface area contributed by atoms with Crippen LogP contribution in [0.2, 0.25) is 0 Å². The molecule has 0 fully saturated rings. The van der Waals surface area contributed by atoms with Crippen LogP contribution in [0.4, 0.5) is 0 Å². The van der Waals surface area contributed by atoms with Crippen LogP contribution in [0.3, 0.4) is 0 Å². The highest BCUT2D eigenvalue weighted by Gasteiger charge is 2.01. The van der Waals surface area contributed by atoms with Crippen molar-refractivity contribution in [1.82, 2.24) is 4.57 Å². The maximum Gasteiger partial charge on any atom is 0.0482 e. The van der Waals surface area contributed by atoms with Crippen molar-refractivity contribution in [2.75, 3.05) is 0 Å². The Kier molecular flexibility index (Phi) is 1.65. The summed E-state index contributed by atoms with van der Waals surface area (Å²) < 4.78 is 2.22.